The Morgan fingerprint density at radius 1 is 1.05 bits per heavy atom. The van der Waals surface area contributed by atoms with E-state index in [0.29, 0.717) is 0 Å². The van der Waals surface area contributed by atoms with Crippen molar-refractivity contribution in [1.82, 2.24) is 5.32 Å². The molecule has 0 spiro atoms. The van der Waals surface area contributed by atoms with E-state index in [0.717, 1.165) is 35.0 Å². The Hall–Kier alpha value is -1.02. The van der Waals surface area contributed by atoms with Crippen LogP contribution in [0.2, 0.25) is 10.0 Å². The molecule has 0 heterocycles. The van der Waals surface area contributed by atoms with Crippen LogP contribution in [0.4, 0.5) is 0 Å². The summed E-state index contributed by atoms with van der Waals surface area (Å²) >= 11 is 12.8. The third kappa shape index (κ3) is 4.47. The van der Waals surface area contributed by atoms with E-state index in [1.807, 2.05) is 18.2 Å². The number of hydrogen-bond acceptors (Lipinski definition) is 1. The monoisotopic (exact) mass is 321 g/mol. The van der Waals surface area contributed by atoms with Gasteiger partial charge >= 0.3 is 0 Å². The standard InChI is InChI=1S/C18H21Cl2N/c1-3-10-21-17(12-14-7-4-6-13(2)11-14)18-15(19)8-5-9-16(18)20/h4-9,11,17,21H,3,10,12H2,1-2H3. The van der Waals surface area contributed by atoms with Gasteiger partial charge in [-0.05, 0) is 44.0 Å². The smallest absolute Gasteiger partial charge is 0.0468 e. The van der Waals surface area contributed by atoms with Crippen molar-refractivity contribution in [2.24, 2.45) is 0 Å². The van der Waals surface area contributed by atoms with E-state index < -0.39 is 0 Å². The van der Waals surface area contributed by atoms with E-state index in [2.05, 4.69) is 43.4 Å². The molecule has 0 amide bonds. The van der Waals surface area contributed by atoms with Gasteiger partial charge in [0.1, 0.15) is 0 Å². The van der Waals surface area contributed by atoms with Gasteiger partial charge in [-0.25, -0.2) is 0 Å². The Morgan fingerprint density at radius 3 is 2.33 bits per heavy atom. The van der Waals surface area contributed by atoms with Crippen LogP contribution in [0.3, 0.4) is 0 Å². The summed E-state index contributed by atoms with van der Waals surface area (Å²) in [5.41, 5.74) is 3.56. The van der Waals surface area contributed by atoms with Crippen LogP contribution in [0.25, 0.3) is 0 Å². The van der Waals surface area contributed by atoms with Crippen LogP contribution >= 0.6 is 23.2 Å². The molecule has 1 unspecified atom stereocenters. The van der Waals surface area contributed by atoms with Gasteiger partial charge in [-0.2, -0.15) is 0 Å². The third-order valence-electron chi connectivity index (χ3n) is 3.51. The second-order valence-corrected chi connectivity index (χ2v) is 6.15. The zero-order valence-electron chi connectivity index (χ0n) is 12.5. The van der Waals surface area contributed by atoms with Gasteiger partial charge in [-0.3, -0.25) is 0 Å². The van der Waals surface area contributed by atoms with Crippen LogP contribution < -0.4 is 5.32 Å². The van der Waals surface area contributed by atoms with E-state index >= 15 is 0 Å². The van der Waals surface area contributed by atoms with Crippen molar-refractivity contribution >= 4 is 23.2 Å². The average Bonchev–Trinajstić information content (AvgIpc) is 2.44. The molecule has 0 aliphatic heterocycles. The van der Waals surface area contributed by atoms with Gasteiger partial charge in [-0.15, -0.1) is 0 Å². The molecule has 0 bridgehead atoms. The molecule has 1 atom stereocenters. The van der Waals surface area contributed by atoms with Crippen molar-refractivity contribution in [3.8, 4) is 0 Å². The van der Waals surface area contributed by atoms with Crippen LogP contribution in [-0.4, -0.2) is 6.54 Å². The molecule has 0 saturated heterocycles. The zero-order valence-corrected chi connectivity index (χ0v) is 14.0. The van der Waals surface area contributed by atoms with Crippen LogP contribution in [0.15, 0.2) is 42.5 Å². The number of hydrogen-bond donors (Lipinski definition) is 1. The number of nitrogens with one attached hydrogen (secondary N) is 1. The molecule has 0 radical (unpaired) electrons. The molecule has 1 nitrogen and oxygen atoms in total. The molecule has 2 rings (SSSR count). The lowest BCUT2D eigenvalue weighted by atomic mass is 9.97. The summed E-state index contributed by atoms with van der Waals surface area (Å²) in [7, 11) is 0. The van der Waals surface area contributed by atoms with Gasteiger partial charge in [0.2, 0.25) is 0 Å². The first-order chi connectivity index (χ1) is 10.1. The second-order valence-electron chi connectivity index (χ2n) is 5.34. The quantitative estimate of drug-likeness (QED) is 0.731. The van der Waals surface area contributed by atoms with E-state index in [9.17, 15) is 0 Å². The molecule has 0 saturated carbocycles. The lowest BCUT2D eigenvalue weighted by Crippen LogP contribution is -2.24. The zero-order chi connectivity index (χ0) is 15.2. The fraction of sp³-hybridized carbons (Fsp3) is 0.333. The third-order valence-corrected chi connectivity index (χ3v) is 4.17. The summed E-state index contributed by atoms with van der Waals surface area (Å²) in [6.07, 6.45) is 1.96. The Morgan fingerprint density at radius 2 is 1.71 bits per heavy atom. The van der Waals surface area contributed by atoms with Crippen molar-refractivity contribution in [1.29, 1.82) is 0 Å². The van der Waals surface area contributed by atoms with Gasteiger partial charge in [0.25, 0.3) is 0 Å². The molecule has 0 aliphatic carbocycles. The molecule has 21 heavy (non-hydrogen) atoms. The van der Waals surface area contributed by atoms with Gasteiger partial charge in [0, 0.05) is 21.7 Å². The molecule has 3 heteroatoms. The topological polar surface area (TPSA) is 12.0 Å². The molecule has 0 fully saturated rings. The fourth-order valence-electron chi connectivity index (χ4n) is 2.51. The Balaban J connectivity index is 2.30. The highest BCUT2D eigenvalue weighted by molar-refractivity contribution is 6.36. The van der Waals surface area contributed by atoms with Crippen LogP contribution in [0.1, 0.15) is 36.1 Å². The van der Waals surface area contributed by atoms with Gasteiger partial charge in [0.15, 0.2) is 0 Å². The summed E-state index contributed by atoms with van der Waals surface area (Å²) in [5.74, 6) is 0. The Kier molecular flexibility index (Phi) is 6.10. The highest BCUT2D eigenvalue weighted by atomic mass is 35.5. The molecule has 2 aromatic carbocycles. The first-order valence-electron chi connectivity index (χ1n) is 7.34. The lowest BCUT2D eigenvalue weighted by molar-refractivity contribution is 0.529. The minimum absolute atomic E-state index is 0.132. The number of halogens is 2. The van der Waals surface area contributed by atoms with Crippen molar-refractivity contribution in [2.75, 3.05) is 6.54 Å². The van der Waals surface area contributed by atoms with Crippen LogP contribution in [0, 0.1) is 6.92 Å². The van der Waals surface area contributed by atoms with Crippen molar-refractivity contribution in [2.45, 2.75) is 32.7 Å². The Bertz CT molecular complexity index is 575. The summed E-state index contributed by atoms with van der Waals surface area (Å²) in [4.78, 5) is 0. The van der Waals surface area contributed by atoms with Crippen LogP contribution in [0.5, 0.6) is 0 Å². The van der Waals surface area contributed by atoms with E-state index in [1.165, 1.54) is 11.1 Å². The lowest BCUT2D eigenvalue weighted by Gasteiger charge is -2.22. The SMILES string of the molecule is CCCNC(Cc1cccc(C)c1)c1c(Cl)cccc1Cl. The van der Waals surface area contributed by atoms with E-state index in [1.54, 1.807) is 0 Å². The first kappa shape index (κ1) is 16.4. The highest BCUT2D eigenvalue weighted by Crippen LogP contribution is 2.32. The maximum absolute atomic E-state index is 6.38. The molecule has 112 valence electrons. The Labute approximate surface area is 137 Å². The van der Waals surface area contributed by atoms with Crippen LogP contribution in [-0.2, 0) is 6.42 Å². The van der Waals surface area contributed by atoms with Crippen molar-refractivity contribution in [3.05, 3.63) is 69.2 Å². The van der Waals surface area contributed by atoms with E-state index in [-0.39, 0.29) is 6.04 Å². The predicted octanol–water partition coefficient (Wildman–Crippen LogP) is 5.59. The minimum atomic E-state index is 0.132. The maximum atomic E-state index is 6.38. The van der Waals surface area contributed by atoms with Gasteiger partial charge in [-0.1, -0.05) is 66.0 Å². The maximum Gasteiger partial charge on any atom is 0.0468 e. The molecular weight excluding hydrogens is 301 g/mol. The van der Waals surface area contributed by atoms with Crippen molar-refractivity contribution < 1.29 is 0 Å². The largest absolute Gasteiger partial charge is 0.310 e. The average molecular weight is 322 g/mol. The number of benzene rings is 2. The molecular formula is C18H21Cl2N. The minimum Gasteiger partial charge on any atom is -0.310 e. The summed E-state index contributed by atoms with van der Waals surface area (Å²) in [5, 5.41) is 5.02. The van der Waals surface area contributed by atoms with Gasteiger partial charge < -0.3 is 5.32 Å². The normalized spacial score (nSPS) is 12.4. The molecule has 1 N–H and O–H groups in total. The van der Waals surface area contributed by atoms with Crippen molar-refractivity contribution in [3.63, 3.8) is 0 Å². The molecule has 2 aromatic rings. The fourth-order valence-corrected chi connectivity index (χ4v) is 3.17. The van der Waals surface area contributed by atoms with E-state index in [4.69, 9.17) is 23.2 Å². The summed E-state index contributed by atoms with van der Waals surface area (Å²) in [6, 6.07) is 14.4. The first-order valence-corrected chi connectivity index (χ1v) is 8.10. The molecule has 0 aliphatic rings. The summed E-state index contributed by atoms with van der Waals surface area (Å²) in [6.45, 7) is 5.21. The number of rotatable bonds is 6. The highest BCUT2D eigenvalue weighted by Gasteiger charge is 2.18. The number of aryl methyl sites for hydroxylation is 1. The summed E-state index contributed by atoms with van der Waals surface area (Å²) < 4.78 is 0. The second kappa shape index (κ2) is 7.84. The van der Waals surface area contributed by atoms with Gasteiger partial charge in [0.05, 0.1) is 0 Å². The predicted molar refractivity (Wildman–Crippen MR) is 92.4 cm³/mol. The molecule has 0 aromatic heterocycles.